The molecule has 200 valence electrons. The highest BCUT2D eigenvalue weighted by molar-refractivity contribution is 7.45. The second kappa shape index (κ2) is 14.1. The van der Waals surface area contributed by atoms with Crippen LogP contribution in [0.4, 0.5) is 0 Å². The van der Waals surface area contributed by atoms with E-state index in [-0.39, 0.29) is 5.75 Å². The van der Waals surface area contributed by atoms with Crippen molar-refractivity contribution in [2.45, 2.75) is 33.1 Å². The largest absolute Gasteiger partial charge is 0.508 e. The monoisotopic (exact) mass is 527 g/mol. The average molecular weight is 528 g/mol. The van der Waals surface area contributed by atoms with E-state index in [0.717, 1.165) is 29.8 Å². The number of phenolic OH excluding ortho intramolecular Hbond substituents is 1. The maximum absolute atomic E-state index is 9.83. The van der Waals surface area contributed by atoms with Crippen LogP contribution in [0.3, 0.4) is 0 Å². The molecule has 0 aromatic heterocycles. The SMILES string of the molecule is CC/C(=C(/c1ccc(O)cc1)c1ccc(OCCN(C)C)cc1)c1ccc(C(C)C)cc1.O=P(O)(O)O. The lowest BCUT2D eigenvalue weighted by Gasteiger charge is -2.18. The van der Waals surface area contributed by atoms with Gasteiger partial charge in [-0.15, -0.1) is 0 Å². The lowest BCUT2D eigenvalue weighted by molar-refractivity contribution is 0.261. The molecule has 4 N–H and O–H groups in total. The fourth-order valence-electron chi connectivity index (χ4n) is 3.80. The fourth-order valence-corrected chi connectivity index (χ4v) is 3.80. The number of ether oxygens (including phenoxy) is 1. The third-order valence-electron chi connectivity index (χ3n) is 5.69. The zero-order valence-electron chi connectivity index (χ0n) is 22.1. The van der Waals surface area contributed by atoms with E-state index < -0.39 is 7.82 Å². The van der Waals surface area contributed by atoms with Gasteiger partial charge in [-0.25, -0.2) is 4.57 Å². The molecule has 0 bridgehead atoms. The Hall–Kier alpha value is -2.93. The Kier molecular flexibility index (Phi) is 11.6. The molecule has 0 fully saturated rings. The molecule has 0 amide bonds. The van der Waals surface area contributed by atoms with Gasteiger partial charge in [0.05, 0.1) is 0 Å². The lowest BCUT2D eigenvalue weighted by atomic mass is 9.87. The van der Waals surface area contributed by atoms with Crippen molar-refractivity contribution in [1.29, 1.82) is 0 Å². The highest BCUT2D eigenvalue weighted by atomic mass is 31.2. The first kappa shape index (κ1) is 30.3. The Labute approximate surface area is 219 Å². The molecule has 3 rings (SSSR count). The summed E-state index contributed by atoms with van der Waals surface area (Å²) in [7, 11) is -0.553. The second-order valence-electron chi connectivity index (χ2n) is 9.22. The molecule has 3 aromatic carbocycles. The molecule has 0 radical (unpaired) electrons. The van der Waals surface area contributed by atoms with Crippen LogP contribution in [0.25, 0.3) is 11.1 Å². The molecule has 0 heterocycles. The van der Waals surface area contributed by atoms with E-state index in [0.29, 0.717) is 12.5 Å². The normalized spacial score (nSPS) is 12.2. The van der Waals surface area contributed by atoms with Gasteiger partial charge in [-0.05, 0) is 84.1 Å². The van der Waals surface area contributed by atoms with Crippen LogP contribution >= 0.6 is 7.82 Å². The summed E-state index contributed by atoms with van der Waals surface area (Å²) < 4.78 is 14.8. The first-order chi connectivity index (χ1) is 17.4. The number of nitrogens with zero attached hydrogens (tertiary/aromatic N) is 1. The predicted molar refractivity (Wildman–Crippen MR) is 150 cm³/mol. The van der Waals surface area contributed by atoms with Crippen LogP contribution in [-0.2, 0) is 4.57 Å². The van der Waals surface area contributed by atoms with Gasteiger partial charge in [-0.1, -0.05) is 69.3 Å². The third kappa shape index (κ3) is 10.5. The fraction of sp³-hybridized carbons (Fsp3) is 0.310. The maximum atomic E-state index is 9.83. The van der Waals surface area contributed by atoms with Gasteiger partial charge in [-0.2, -0.15) is 0 Å². The molecule has 7 nitrogen and oxygen atoms in total. The molecule has 0 aliphatic carbocycles. The molecule has 8 heteroatoms. The van der Waals surface area contributed by atoms with E-state index in [4.69, 9.17) is 24.0 Å². The van der Waals surface area contributed by atoms with E-state index in [1.165, 1.54) is 22.3 Å². The number of phosphoric acid groups is 1. The first-order valence-corrected chi connectivity index (χ1v) is 13.7. The minimum Gasteiger partial charge on any atom is -0.508 e. The van der Waals surface area contributed by atoms with Gasteiger partial charge >= 0.3 is 7.82 Å². The minimum absolute atomic E-state index is 0.275. The van der Waals surface area contributed by atoms with Crippen LogP contribution in [0.1, 0.15) is 55.4 Å². The molecule has 0 spiro atoms. The molecule has 0 aliphatic rings. The summed E-state index contributed by atoms with van der Waals surface area (Å²) in [5.74, 6) is 1.66. The third-order valence-corrected chi connectivity index (χ3v) is 5.69. The standard InChI is InChI=1S/C29H35NO2.H3O4P/c1-6-28(23-9-7-22(8-10-23)21(2)3)29(24-11-15-26(31)16-12-24)25-13-17-27(18-14-25)32-20-19-30(4)5;1-5(2,3)4/h7-18,21,31H,6,19-20H2,1-5H3;(H3,1,2,3,4)/b29-28+;. The number of benzene rings is 3. The highest BCUT2D eigenvalue weighted by Crippen LogP contribution is 2.36. The summed E-state index contributed by atoms with van der Waals surface area (Å²) in [4.78, 5) is 23.7. The Morgan fingerprint density at radius 3 is 1.73 bits per heavy atom. The molecule has 37 heavy (non-hydrogen) atoms. The minimum atomic E-state index is -4.64. The molecule has 0 saturated heterocycles. The van der Waals surface area contributed by atoms with Crippen LogP contribution in [-0.4, -0.2) is 51.9 Å². The number of phenols is 1. The molecular formula is C29H38NO6P. The molecule has 0 unspecified atom stereocenters. The summed E-state index contributed by atoms with van der Waals surface area (Å²) in [6.07, 6.45) is 0.901. The molecule has 3 aromatic rings. The summed E-state index contributed by atoms with van der Waals surface area (Å²) in [5, 5.41) is 9.83. The van der Waals surface area contributed by atoms with Crippen molar-refractivity contribution in [1.82, 2.24) is 4.90 Å². The molecule has 0 atom stereocenters. The van der Waals surface area contributed by atoms with E-state index >= 15 is 0 Å². The van der Waals surface area contributed by atoms with Gasteiger partial charge in [0.15, 0.2) is 0 Å². The van der Waals surface area contributed by atoms with E-state index in [1.54, 1.807) is 12.1 Å². The number of likely N-dealkylation sites (N-methyl/N-ethyl adjacent to an activating group) is 1. The molecule has 0 saturated carbocycles. The summed E-state index contributed by atoms with van der Waals surface area (Å²) in [5.41, 5.74) is 7.27. The predicted octanol–water partition coefficient (Wildman–Crippen LogP) is 5.90. The van der Waals surface area contributed by atoms with Crippen LogP contribution in [0.5, 0.6) is 11.5 Å². The van der Waals surface area contributed by atoms with E-state index in [2.05, 4.69) is 62.1 Å². The van der Waals surface area contributed by atoms with Crippen molar-refractivity contribution in [3.63, 3.8) is 0 Å². The summed E-state index contributed by atoms with van der Waals surface area (Å²) in [6, 6.07) is 24.7. The summed E-state index contributed by atoms with van der Waals surface area (Å²) >= 11 is 0. The number of allylic oxidation sites excluding steroid dienone is 1. The van der Waals surface area contributed by atoms with Gasteiger partial charge in [0.25, 0.3) is 0 Å². The van der Waals surface area contributed by atoms with Crippen molar-refractivity contribution in [2.75, 3.05) is 27.2 Å². The van der Waals surface area contributed by atoms with Crippen molar-refractivity contribution in [3.05, 3.63) is 95.1 Å². The smallest absolute Gasteiger partial charge is 0.466 e. The average Bonchev–Trinajstić information content (AvgIpc) is 2.83. The number of hydrogen-bond acceptors (Lipinski definition) is 4. The Bertz CT molecular complexity index is 1170. The van der Waals surface area contributed by atoms with Gasteiger partial charge in [0, 0.05) is 6.54 Å². The van der Waals surface area contributed by atoms with Crippen LogP contribution in [0, 0.1) is 0 Å². The molecule has 0 aliphatic heterocycles. The molecular weight excluding hydrogens is 489 g/mol. The van der Waals surface area contributed by atoms with Gasteiger partial charge in [0.1, 0.15) is 18.1 Å². The summed E-state index contributed by atoms with van der Waals surface area (Å²) in [6.45, 7) is 8.18. The zero-order chi connectivity index (χ0) is 27.6. The van der Waals surface area contributed by atoms with Crippen LogP contribution in [0.2, 0.25) is 0 Å². The maximum Gasteiger partial charge on any atom is 0.466 e. The van der Waals surface area contributed by atoms with E-state index in [9.17, 15) is 5.11 Å². The zero-order valence-corrected chi connectivity index (χ0v) is 23.0. The van der Waals surface area contributed by atoms with Crippen molar-refractivity contribution >= 4 is 19.0 Å². The first-order valence-electron chi connectivity index (χ1n) is 12.2. The van der Waals surface area contributed by atoms with E-state index in [1.807, 2.05) is 38.4 Å². The van der Waals surface area contributed by atoms with Crippen LogP contribution in [0.15, 0.2) is 72.8 Å². The van der Waals surface area contributed by atoms with Crippen molar-refractivity contribution < 1.29 is 29.1 Å². The van der Waals surface area contributed by atoms with Crippen molar-refractivity contribution in [2.24, 2.45) is 0 Å². The van der Waals surface area contributed by atoms with Crippen LogP contribution < -0.4 is 4.74 Å². The highest BCUT2D eigenvalue weighted by Gasteiger charge is 2.14. The second-order valence-corrected chi connectivity index (χ2v) is 10.2. The number of rotatable bonds is 9. The Balaban J connectivity index is 0.000000877. The Morgan fingerprint density at radius 2 is 1.30 bits per heavy atom. The number of aromatic hydroxyl groups is 1. The quantitative estimate of drug-likeness (QED) is 0.203. The van der Waals surface area contributed by atoms with Gasteiger partial charge in [-0.3, -0.25) is 0 Å². The van der Waals surface area contributed by atoms with Gasteiger partial charge in [0.2, 0.25) is 0 Å². The van der Waals surface area contributed by atoms with Gasteiger partial charge < -0.3 is 29.4 Å². The van der Waals surface area contributed by atoms with Crippen molar-refractivity contribution in [3.8, 4) is 11.5 Å². The lowest BCUT2D eigenvalue weighted by Crippen LogP contribution is -2.19. The topological polar surface area (TPSA) is 110 Å². The number of hydrogen-bond donors (Lipinski definition) is 4. The Morgan fingerprint density at radius 1 is 0.838 bits per heavy atom.